The summed E-state index contributed by atoms with van der Waals surface area (Å²) in [7, 11) is 0. The molecule has 0 aliphatic carbocycles. The van der Waals surface area contributed by atoms with Crippen molar-refractivity contribution < 1.29 is 4.39 Å². The summed E-state index contributed by atoms with van der Waals surface area (Å²) in [4.78, 5) is 4.66. The standard InChI is InChI=1S/C18H18FN5/c19-14-6-2-1-4-12(14)8-9-20-11-16-22-15-7-3-5-13-10-21-24-18(23-16)17(13)15/h1-7,20-21H,8-11H2,(H,22,23,24). The van der Waals surface area contributed by atoms with Crippen LogP contribution in [0, 0.1) is 5.82 Å². The molecule has 2 heterocycles. The monoisotopic (exact) mass is 323 g/mol. The predicted octanol–water partition coefficient (Wildman–Crippen LogP) is 2.06. The zero-order valence-electron chi connectivity index (χ0n) is 13.1. The highest BCUT2D eigenvalue weighted by molar-refractivity contribution is 6.16. The summed E-state index contributed by atoms with van der Waals surface area (Å²) in [5.41, 5.74) is 6.96. The van der Waals surface area contributed by atoms with E-state index in [1.54, 1.807) is 6.07 Å². The minimum atomic E-state index is -0.156. The fourth-order valence-electron chi connectivity index (χ4n) is 2.98. The topological polar surface area (TPSA) is 60.8 Å². The van der Waals surface area contributed by atoms with Gasteiger partial charge in [-0.2, -0.15) is 5.10 Å². The highest BCUT2D eigenvalue weighted by Crippen LogP contribution is 2.27. The van der Waals surface area contributed by atoms with Crippen molar-refractivity contribution in [3.05, 3.63) is 65.0 Å². The smallest absolute Gasteiger partial charge is 0.161 e. The van der Waals surface area contributed by atoms with Gasteiger partial charge in [-0.3, -0.25) is 0 Å². The lowest BCUT2D eigenvalue weighted by Gasteiger charge is -2.25. The van der Waals surface area contributed by atoms with Gasteiger partial charge < -0.3 is 16.1 Å². The van der Waals surface area contributed by atoms with Gasteiger partial charge in [-0.05, 0) is 36.2 Å². The number of hydrazone groups is 1. The van der Waals surface area contributed by atoms with Crippen LogP contribution in [0.25, 0.3) is 0 Å². The maximum absolute atomic E-state index is 13.6. The Hall–Kier alpha value is -2.73. The van der Waals surface area contributed by atoms with Crippen molar-refractivity contribution in [3.63, 3.8) is 0 Å². The molecule has 2 aromatic rings. The molecule has 0 aromatic heterocycles. The van der Waals surface area contributed by atoms with Crippen LogP contribution in [0.5, 0.6) is 0 Å². The van der Waals surface area contributed by atoms with Crippen LogP contribution in [0.4, 0.5) is 10.1 Å². The van der Waals surface area contributed by atoms with Crippen LogP contribution in [0.2, 0.25) is 0 Å². The first-order chi connectivity index (χ1) is 11.8. The fraction of sp³-hybridized carbons (Fsp3) is 0.222. The number of hydrogen-bond acceptors (Lipinski definition) is 5. The summed E-state index contributed by atoms with van der Waals surface area (Å²) in [5, 5.41) is 10.9. The Balaban J connectivity index is 1.40. The average Bonchev–Trinajstić information content (AvgIpc) is 2.61. The van der Waals surface area contributed by atoms with Gasteiger partial charge in [-0.15, -0.1) is 0 Å². The number of hydrogen-bond donors (Lipinski definition) is 3. The van der Waals surface area contributed by atoms with E-state index < -0.39 is 0 Å². The average molecular weight is 323 g/mol. The van der Waals surface area contributed by atoms with Crippen molar-refractivity contribution in [2.45, 2.75) is 13.0 Å². The Morgan fingerprint density at radius 1 is 1.12 bits per heavy atom. The molecular weight excluding hydrogens is 305 g/mol. The van der Waals surface area contributed by atoms with E-state index in [9.17, 15) is 4.39 Å². The van der Waals surface area contributed by atoms with Crippen molar-refractivity contribution in [1.82, 2.24) is 16.1 Å². The van der Waals surface area contributed by atoms with Crippen LogP contribution < -0.4 is 16.1 Å². The highest BCUT2D eigenvalue weighted by atomic mass is 19.1. The third kappa shape index (κ3) is 2.88. The van der Waals surface area contributed by atoms with Gasteiger partial charge in [0.2, 0.25) is 0 Å². The number of benzene rings is 2. The number of rotatable bonds is 5. The molecule has 0 amide bonds. The summed E-state index contributed by atoms with van der Waals surface area (Å²) in [6, 6.07) is 13.0. The van der Waals surface area contributed by atoms with Crippen molar-refractivity contribution in [2.75, 3.05) is 13.1 Å². The summed E-state index contributed by atoms with van der Waals surface area (Å²) in [6.45, 7) is 1.98. The Labute approximate surface area is 139 Å². The molecule has 0 radical (unpaired) electrons. The van der Waals surface area contributed by atoms with E-state index >= 15 is 0 Å². The molecule has 5 nitrogen and oxygen atoms in total. The second-order valence-corrected chi connectivity index (χ2v) is 5.81. The summed E-state index contributed by atoms with van der Waals surface area (Å²) < 4.78 is 13.6. The van der Waals surface area contributed by atoms with E-state index in [0.29, 0.717) is 19.5 Å². The minimum absolute atomic E-state index is 0.156. The second kappa shape index (κ2) is 6.41. The van der Waals surface area contributed by atoms with Crippen LogP contribution in [0.1, 0.15) is 16.7 Å². The van der Waals surface area contributed by atoms with E-state index in [-0.39, 0.29) is 5.82 Å². The lowest BCUT2D eigenvalue weighted by molar-refractivity contribution is 0.603. The van der Waals surface area contributed by atoms with Gasteiger partial charge in [0, 0.05) is 5.56 Å². The largest absolute Gasteiger partial charge is 0.325 e. The highest BCUT2D eigenvalue weighted by Gasteiger charge is 2.23. The van der Waals surface area contributed by atoms with Crippen LogP contribution in [0.15, 0.2) is 52.6 Å². The molecule has 2 aliphatic heterocycles. The predicted molar refractivity (Wildman–Crippen MR) is 93.0 cm³/mol. The molecule has 6 heteroatoms. The van der Waals surface area contributed by atoms with Gasteiger partial charge in [0.05, 0.1) is 18.8 Å². The first kappa shape index (κ1) is 14.8. The molecule has 2 aromatic carbocycles. The van der Waals surface area contributed by atoms with E-state index in [1.807, 2.05) is 24.3 Å². The molecular formula is C18H18FN5. The van der Waals surface area contributed by atoms with Crippen molar-refractivity contribution in [3.8, 4) is 0 Å². The van der Waals surface area contributed by atoms with Crippen molar-refractivity contribution in [2.24, 2.45) is 10.1 Å². The van der Waals surface area contributed by atoms with E-state index in [0.717, 1.165) is 35.0 Å². The van der Waals surface area contributed by atoms with Gasteiger partial charge in [-0.1, -0.05) is 30.3 Å². The van der Waals surface area contributed by atoms with Crippen LogP contribution in [-0.4, -0.2) is 24.8 Å². The number of nitrogens with one attached hydrogen (secondary N) is 3. The summed E-state index contributed by atoms with van der Waals surface area (Å²) in [5.74, 6) is 1.47. The molecule has 0 fully saturated rings. The molecule has 2 aliphatic rings. The third-order valence-electron chi connectivity index (χ3n) is 4.17. The Morgan fingerprint density at radius 3 is 2.96 bits per heavy atom. The summed E-state index contributed by atoms with van der Waals surface area (Å²) >= 11 is 0. The van der Waals surface area contributed by atoms with E-state index in [1.165, 1.54) is 11.6 Å². The van der Waals surface area contributed by atoms with Crippen LogP contribution in [0.3, 0.4) is 0 Å². The molecule has 0 bridgehead atoms. The van der Waals surface area contributed by atoms with Gasteiger partial charge in [0.15, 0.2) is 5.84 Å². The Kier molecular flexibility index (Phi) is 3.96. The maximum atomic E-state index is 13.6. The number of amidine groups is 2. The normalized spacial score (nSPS) is 14.9. The first-order valence-corrected chi connectivity index (χ1v) is 8.03. The first-order valence-electron chi connectivity index (χ1n) is 8.03. The third-order valence-corrected chi connectivity index (χ3v) is 4.17. The zero-order valence-corrected chi connectivity index (χ0v) is 13.1. The van der Waals surface area contributed by atoms with Crippen LogP contribution >= 0.6 is 0 Å². The van der Waals surface area contributed by atoms with E-state index in [4.69, 9.17) is 0 Å². The SMILES string of the molecule is Fc1ccccc1CCNCC1=Nc2cccc3c2C(=NNC3)N1. The lowest BCUT2D eigenvalue weighted by atomic mass is 10.0. The Morgan fingerprint density at radius 2 is 2.04 bits per heavy atom. The number of aliphatic imine (C=N–C) groups is 1. The van der Waals surface area contributed by atoms with Gasteiger partial charge >= 0.3 is 0 Å². The fourth-order valence-corrected chi connectivity index (χ4v) is 2.98. The lowest BCUT2D eigenvalue weighted by Crippen LogP contribution is -2.43. The quantitative estimate of drug-likeness (QED) is 0.738. The van der Waals surface area contributed by atoms with Crippen molar-refractivity contribution >= 4 is 17.4 Å². The molecule has 0 saturated carbocycles. The number of nitrogens with zero attached hydrogens (tertiary/aromatic N) is 2. The molecule has 24 heavy (non-hydrogen) atoms. The molecule has 0 spiro atoms. The number of halogens is 1. The molecule has 0 unspecified atom stereocenters. The molecule has 0 atom stereocenters. The van der Waals surface area contributed by atoms with Crippen LogP contribution in [-0.2, 0) is 13.0 Å². The van der Waals surface area contributed by atoms with Gasteiger partial charge in [0.25, 0.3) is 0 Å². The Bertz CT molecular complexity index is 828. The molecule has 3 N–H and O–H groups in total. The molecule has 4 rings (SSSR count). The van der Waals surface area contributed by atoms with Gasteiger partial charge in [0.1, 0.15) is 11.7 Å². The van der Waals surface area contributed by atoms with Gasteiger partial charge in [-0.25, -0.2) is 9.38 Å². The molecule has 0 saturated heterocycles. The minimum Gasteiger partial charge on any atom is -0.325 e. The van der Waals surface area contributed by atoms with Crippen molar-refractivity contribution in [1.29, 1.82) is 0 Å². The zero-order chi connectivity index (χ0) is 16.4. The molecule has 122 valence electrons. The van der Waals surface area contributed by atoms with E-state index in [2.05, 4.69) is 32.2 Å². The maximum Gasteiger partial charge on any atom is 0.161 e. The summed E-state index contributed by atoms with van der Waals surface area (Å²) in [6.07, 6.45) is 0.642. The second-order valence-electron chi connectivity index (χ2n) is 5.81.